The number of imidazole rings is 2. The lowest BCUT2D eigenvalue weighted by atomic mass is 9.79. The molecule has 9 aromatic rings. The van der Waals surface area contributed by atoms with E-state index in [9.17, 15) is 33.7 Å². The van der Waals surface area contributed by atoms with E-state index in [2.05, 4.69) is 104 Å². The maximum atomic E-state index is 16.2. The van der Waals surface area contributed by atoms with Crippen molar-refractivity contribution in [2.24, 2.45) is 0 Å². The van der Waals surface area contributed by atoms with E-state index in [4.69, 9.17) is 9.31 Å². The predicted octanol–water partition coefficient (Wildman–Crippen LogP) is 9.54. The van der Waals surface area contributed by atoms with Crippen molar-refractivity contribution >= 4 is 35.3 Å². The van der Waals surface area contributed by atoms with Gasteiger partial charge in [0.15, 0.2) is 5.60 Å². The summed E-state index contributed by atoms with van der Waals surface area (Å²) >= 11 is 0. The van der Waals surface area contributed by atoms with Crippen LogP contribution in [-0.4, -0.2) is 142 Å². The molecule has 0 radical (unpaired) electrons. The summed E-state index contributed by atoms with van der Waals surface area (Å²) in [6.07, 6.45) is 9.32. The summed E-state index contributed by atoms with van der Waals surface area (Å²) < 4.78 is 80.5. The van der Waals surface area contributed by atoms with Crippen LogP contribution in [0.15, 0.2) is 174 Å². The number of aromatic nitrogens is 9. The molecule has 4 unspecified atom stereocenters. The molecular weight excluding hydrogens is 1220 g/mol. The number of hydrogen-bond acceptors (Lipinski definition) is 15. The highest BCUT2D eigenvalue weighted by molar-refractivity contribution is 6.62. The third-order valence-electron chi connectivity index (χ3n) is 18.9. The number of halogens is 4. The number of pyridine rings is 1. The number of nitrogens with zero attached hydrogens (tertiary/aromatic N) is 13. The third kappa shape index (κ3) is 14.1. The SMILES string of the molecule is C.CCC(C(C)O)n1ccn(-c2ccc(N3CCN(c4ccc(-c5ccc(C(F)(F)[C@](O)(Cn6cnnn6)c6ccc(F)cc6F)nc5)cc4)CC3)cc2)c1=O.CCC(C(C)O)n1ccn(-c2ccc(N3CCN(c4ccc(B5OC(C)(C)C(C)(C)O5)cc4)CC3)cc2)c1=O. The summed E-state index contributed by atoms with van der Waals surface area (Å²) in [5, 5.41) is 41.9. The van der Waals surface area contributed by atoms with E-state index in [-0.39, 0.29) is 49.2 Å². The lowest BCUT2D eigenvalue weighted by molar-refractivity contribution is -0.207. The molecule has 0 spiro atoms. The van der Waals surface area contributed by atoms with E-state index in [1.54, 1.807) is 56.9 Å². The molecule has 5 aromatic carbocycles. The van der Waals surface area contributed by atoms with E-state index >= 15 is 8.78 Å². The number of benzene rings is 5. The Kier molecular flexibility index (Phi) is 20.5. The molecule has 0 saturated carbocycles. The van der Waals surface area contributed by atoms with Crippen molar-refractivity contribution in [3.05, 3.63) is 209 Å². The minimum Gasteiger partial charge on any atom is -0.399 e. The van der Waals surface area contributed by atoms with Gasteiger partial charge < -0.3 is 44.2 Å². The summed E-state index contributed by atoms with van der Waals surface area (Å²) in [6, 6.07) is 36.1. The van der Waals surface area contributed by atoms with Gasteiger partial charge in [0.25, 0.3) is 0 Å². The number of tetrazole rings is 1. The van der Waals surface area contributed by atoms with Gasteiger partial charge in [0.05, 0.1) is 53.4 Å². The molecule has 0 amide bonds. The van der Waals surface area contributed by atoms with Crippen LogP contribution in [0.1, 0.15) is 99.0 Å². The van der Waals surface area contributed by atoms with Crippen molar-refractivity contribution in [2.75, 3.05) is 72.0 Å². The molecule has 0 bridgehead atoms. The zero-order valence-electron chi connectivity index (χ0n) is 54.1. The van der Waals surface area contributed by atoms with Gasteiger partial charge in [0.2, 0.25) is 0 Å². The molecule has 25 heteroatoms. The number of rotatable bonds is 19. The Bertz CT molecular complexity index is 4100. The van der Waals surface area contributed by atoms with Gasteiger partial charge in [-0.05, 0) is 167 Å². The van der Waals surface area contributed by atoms with Crippen LogP contribution in [0.25, 0.3) is 22.5 Å². The quantitative estimate of drug-likeness (QED) is 0.0510. The summed E-state index contributed by atoms with van der Waals surface area (Å²) in [5.41, 5.74) is 2.36. The summed E-state index contributed by atoms with van der Waals surface area (Å²) in [7, 11) is -0.343. The second-order valence-corrected chi connectivity index (χ2v) is 25.4. The molecule has 3 aliphatic rings. The highest BCUT2D eigenvalue weighted by Gasteiger charge is 2.58. The highest BCUT2D eigenvalue weighted by atomic mass is 19.3. The van der Waals surface area contributed by atoms with Gasteiger partial charge >= 0.3 is 24.4 Å². The molecule has 4 aromatic heterocycles. The molecule has 7 heterocycles. The summed E-state index contributed by atoms with van der Waals surface area (Å²) in [5.74, 6) is -6.51. The van der Waals surface area contributed by atoms with E-state index in [0.29, 0.717) is 24.5 Å². The molecule has 95 heavy (non-hydrogen) atoms. The molecule has 5 atom stereocenters. The van der Waals surface area contributed by atoms with E-state index < -0.39 is 53.2 Å². The molecule has 12 rings (SSSR count). The first-order valence-corrected chi connectivity index (χ1v) is 31.8. The van der Waals surface area contributed by atoms with Gasteiger partial charge in [-0.2, -0.15) is 8.78 Å². The Morgan fingerprint density at radius 2 is 0.989 bits per heavy atom. The molecule has 0 aliphatic carbocycles. The van der Waals surface area contributed by atoms with Crippen molar-refractivity contribution in [3.8, 4) is 22.5 Å². The second kappa shape index (κ2) is 28.2. The maximum Gasteiger partial charge on any atom is 0.494 e. The smallest absolute Gasteiger partial charge is 0.399 e. The zero-order chi connectivity index (χ0) is 66.9. The molecule has 20 nitrogen and oxygen atoms in total. The van der Waals surface area contributed by atoms with E-state index in [1.165, 1.54) is 18.0 Å². The van der Waals surface area contributed by atoms with Gasteiger partial charge in [0, 0.05) is 123 Å². The normalized spacial score (nSPS) is 17.5. The molecule has 3 saturated heterocycles. The van der Waals surface area contributed by atoms with E-state index in [1.807, 2.05) is 74.5 Å². The number of hydrogen-bond donors (Lipinski definition) is 3. The van der Waals surface area contributed by atoms with Crippen molar-refractivity contribution < 1.29 is 42.2 Å². The number of aliphatic hydroxyl groups excluding tert-OH is 2. The Hall–Kier alpha value is -8.88. The van der Waals surface area contributed by atoms with Crippen LogP contribution in [0, 0.1) is 11.6 Å². The average molecular weight is 1310 g/mol. The van der Waals surface area contributed by atoms with Crippen molar-refractivity contribution in [2.45, 2.75) is 129 Å². The Labute approximate surface area is 551 Å². The lowest BCUT2D eigenvalue weighted by Gasteiger charge is -2.37. The summed E-state index contributed by atoms with van der Waals surface area (Å²) in [6.45, 7) is 21.4. The van der Waals surface area contributed by atoms with E-state index in [0.717, 1.165) is 121 Å². The van der Waals surface area contributed by atoms with Crippen molar-refractivity contribution in [3.63, 3.8) is 0 Å². The van der Waals surface area contributed by atoms with Gasteiger partial charge in [-0.15, -0.1) is 5.10 Å². The van der Waals surface area contributed by atoms with Crippen LogP contribution in [0.3, 0.4) is 0 Å². The van der Waals surface area contributed by atoms with Crippen LogP contribution in [0.2, 0.25) is 0 Å². The van der Waals surface area contributed by atoms with Crippen molar-refractivity contribution in [1.29, 1.82) is 0 Å². The van der Waals surface area contributed by atoms with Crippen LogP contribution >= 0.6 is 0 Å². The lowest BCUT2D eigenvalue weighted by Crippen LogP contribution is -2.48. The highest BCUT2D eigenvalue weighted by Crippen LogP contribution is 2.47. The average Bonchev–Trinajstić information content (AvgIpc) is 1.48. The first-order chi connectivity index (χ1) is 44.9. The minimum atomic E-state index is -4.16. The predicted molar refractivity (Wildman–Crippen MR) is 361 cm³/mol. The maximum absolute atomic E-state index is 16.2. The van der Waals surface area contributed by atoms with Crippen LogP contribution in [0.4, 0.5) is 40.3 Å². The zero-order valence-corrected chi connectivity index (χ0v) is 54.1. The Morgan fingerprint density at radius 3 is 1.37 bits per heavy atom. The monoisotopic (exact) mass is 1310 g/mol. The minimum absolute atomic E-state index is 0. The fraction of sp³-hybridized carbons (Fsp3) is 0.400. The van der Waals surface area contributed by atoms with Crippen LogP contribution < -0.4 is 36.4 Å². The second-order valence-electron chi connectivity index (χ2n) is 25.4. The molecule has 502 valence electrons. The standard InChI is InChI=1S/C39H39F4N9O3.C30H41BN4O4.CH4/c1-3-35(26(2)53)52-21-20-51(37(52)54)32-12-10-31(11-13-32)49-18-16-48(17-19-49)30-8-4-27(5-9-30)28-6-15-36(44-23-28)39(42,43)38(55,24-50-25-45-46-47-50)33-14-7-29(40)22-34(33)41;1-7-27(22(2)36)35-21-20-34(28(35)37)26-14-12-25(13-15-26)33-18-16-32(17-19-33)24-10-8-23(9-11-24)31-38-29(3,4)30(5,6)39-31;/h4-15,20-23,25-26,35,53,55H,3,16-19,24H2,1-2H3;8-15,20-22,27,36H,7,16-19H2,1-6H3;1H4/t26?,35?,38-;;/m0../s1. The Balaban J connectivity index is 0.000000217. The third-order valence-corrected chi connectivity index (χ3v) is 18.9. The summed E-state index contributed by atoms with van der Waals surface area (Å²) in [4.78, 5) is 39.3. The molecule has 3 fully saturated rings. The van der Waals surface area contributed by atoms with Gasteiger partial charge in [0.1, 0.15) is 23.7 Å². The molecule has 3 N–H and O–H groups in total. The fourth-order valence-electron chi connectivity index (χ4n) is 12.6. The molecule has 3 aliphatic heterocycles. The number of aliphatic hydroxyl groups is 3. The van der Waals surface area contributed by atoms with Crippen LogP contribution in [0.5, 0.6) is 0 Å². The number of alkyl halides is 2. The topological polar surface area (TPSA) is 202 Å². The fourth-order valence-corrected chi connectivity index (χ4v) is 12.6. The van der Waals surface area contributed by atoms with Gasteiger partial charge in [-0.1, -0.05) is 51.6 Å². The van der Waals surface area contributed by atoms with Gasteiger partial charge in [-0.3, -0.25) is 23.3 Å². The first-order valence-electron chi connectivity index (χ1n) is 31.8. The van der Waals surface area contributed by atoms with Crippen LogP contribution in [-0.2, 0) is 27.4 Å². The number of anilines is 4. The Morgan fingerprint density at radius 1 is 0.579 bits per heavy atom. The number of piperazine rings is 2. The molecular formula is C70H84BF4N13O7. The van der Waals surface area contributed by atoms with Crippen molar-refractivity contribution in [1.82, 2.24) is 43.5 Å². The largest absolute Gasteiger partial charge is 0.494 e. The first kappa shape index (κ1) is 69.0. The van der Waals surface area contributed by atoms with Gasteiger partial charge in [-0.25, -0.2) is 23.1 Å².